The first-order valence-electron chi connectivity index (χ1n) is 5.15. The maximum absolute atomic E-state index is 11.0. The zero-order valence-corrected chi connectivity index (χ0v) is 8.81. The van der Waals surface area contributed by atoms with E-state index in [1.165, 1.54) is 0 Å². The smallest absolute Gasteiger partial charge is 0.233 e. The molecule has 3 N–H and O–H groups in total. The first kappa shape index (κ1) is 10.8. The molecule has 0 saturated carbocycles. The third kappa shape index (κ3) is 2.43. The molecule has 1 heterocycles. The normalized spacial score (nSPS) is 17.9. The van der Waals surface area contributed by atoms with Crippen molar-refractivity contribution in [3.63, 3.8) is 0 Å². The van der Waals surface area contributed by atoms with Gasteiger partial charge in [0.15, 0.2) is 11.5 Å². The quantitative estimate of drug-likeness (QED) is 0.749. The summed E-state index contributed by atoms with van der Waals surface area (Å²) in [5.74, 6) is 1.26. The Kier molecular flexibility index (Phi) is 3.26. The second-order valence-electron chi connectivity index (χ2n) is 3.51. The van der Waals surface area contributed by atoms with Gasteiger partial charge in [-0.05, 0) is 12.1 Å². The summed E-state index contributed by atoms with van der Waals surface area (Å²) in [6, 6.07) is 7.46. The standard InChI is InChI=1S/C11H14N2O3/c12-5-11(14)13-6-8-7-15-9-3-1-2-4-10(9)16-8/h1-4,8H,5-7,12H2,(H,13,14). The molecule has 86 valence electrons. The van der Waals surface area contributed by atoms with Crippen LogP contribution in [0.4, 0.5) is 0 Å². The molecule has 1 aromatic carbocycles. The Morgan fingerprint density at radius 2 is 2.19 bits per heavy atom. The third-order valence-corrected chi connectivity index (χ3v) is 2.28. The predicted octanol–water partition coefficient (Wildman–Crippen LogP) is -0.0987. The minimum Gasteiger partial charge on any atom is -0.486 e. The van der Waals surface area contributed by atoms with Crippen molar-refractivity contribution >= 4 is 5.91 Å². The van der Waals surface area contributed by atoms with Crippen molar-refractivity contribution in [2.75, 3.05) is 19.7 Å². The number of nitrogens with two attached hydrogens (primary N) is 1. The Labute approximate surface area is 93.5 Å². The van der Waals surface area contributed by atoms with Crippen LogP contribution in [-0.2, 0) is 4.79 Å². The zero-order valence-electron chi connectivity index (χ0n) is 8.81. The van der Waals surface area contributed by atoms with Crippen molar-refractivity contribution in [2.45, 2.75) is 6.10 Å². The maximum atomic E-state index is 11.0. The van der Waals surface area contributed by atoms with Crippen LogP contribution in [0, 0.1) is 0 Å². The summed E-state index contributed by atoms with van der Waals surface area (Å²) in [7, 11) is 0. The molecule has 0 fully saturated rings. The van der Waals surface area contributed by atoms with Gasteiger partial charge in [0.2, 0.25) is 5.91 Å². The third-order valence-electron chi connectivity index (χ3n) is 2.28. The SMILES string of the molecule is NCC(=O)NCC1COc2ccccc2O1. The van der Waals surface area contributed by atoms with Gasteiger partial charge in [0.25, 0.3) is 0 Å². The average Bonchev–Trinajstić information content (AvgIpc) is 2.35. The Bertz CT molecular complexity index is 381. The van der Waals surface area contributed by atoms with Gasteiger partial charge < -0.3 is 20.5 Å². The number of rotatable bonds is 3. The summed E-state index contributed by atoms with van der Waals surface area (Å²) in [5.41, 5.74) is 5.18. The van der Waals surface area contributed by atoms with Crippen LogP contribution in [0.15, 0.2) is 24.3 Å². The molecule has 1 aliphatic rings. The Hall–Kier alpha value is -1.75. The van der Waals surface area contributed by atoms with E-state index in [0.717, 1.165) is 5.75 Å². The van der Waals surface area contributed by atoms with Crippen molar-refractivity contribution in [1.29, 1.82) is 0 Å². The fourth-order valence-corrected chi connectivity index (χ4v) is 1.46. The molecule has 5 nitrogen and oxygen atoms in total. The van der Waals surface area contributed by atoms with Crippen LogP contribution >= 0.6 is 0 Å². The first-order chi connectivity index (χ1) is 7.79. The minimum absolute atomic E-state index is 0.00976. The maximum Gasteiger partial charge on any atom is 0.233 e. The fourth-order valence-electron chi connectivity index (χ4n) is 1.46. The summed E-state index contributed by atoms with van der Waals surface area (Å²) < 4.78 is 11.1. The number of carbonyl (C=O) groups is 1. The second-order valence-corrected chi connectivity index (χ2v) is 3.51. The van der Waals surface area contributed by atoms with Crippen molar-refractivity contribution in [3.05, 3.63) is 24.3 Å². The molecular formula is C11H14N2O3. The molecule has 0 spiro atoms. The number of amides is 1. The molecule has 1 unspecified atom stereocenters. The zero-order chi connectivity index (χ0) is 11.4. The number of carbonyl (C=O) groups excluding carboxylic acids is 1. The highest BCUT2D eigenvalue weighted by atomic mass is 16.6. The lowest BCUT2D eigenvalue weighted by atomic mass is 10.2. The van der Waals surface area contributed by atoms with Gasteiger partial charge in [-0.2, -0.15) is 0 Å². The van der Waals surface area contributed by atoms with Crippen LogP contribution in [0.5, 0.6) is 11.5 Å². The molecule has 0 saturated heterocycles. The summed E-state index contributed by atoms with van der Waals surface area (Å²) in [5, 5.41) is 2.66. The van der Waals surface area contributed by atoms with Gasteiger partial charge in [-0.1, -0.05) is 12.1 Å². The minimum atomic E-state index is -0.192. The molecule has 16 heavy (non-hydrogen) atoms. The molecule has 2 rings (SSSR count). The number of hydrogen-bond donors (Lipinski definition) is 2. The van der Waals surface area contributed by atoms with Gasteiger partial charge in [0.05, 0.1) is 13.1 Å². The van der Waals surface area contributed by atoms with E-state index in [0.29, 0.717) is 18.9 Å². The van der Waals surface area contributed by atoms with E-state index in [-0.39, 0.29) is 18.6 Å². The fraction of sp³-hybridized carbons (Fsp3) is 0.364. The molecule has 1 atom stereocenters. The number of hydrogen-bond acceptors (Lipinski definition) is 4. The Balaban J connectivity index is 1.90. The first-order valence-corrected chi connectivity index (χ1v) is 5.15. The van der Waals surface area contributed by atoms with Gasteiger partial charge in [-0.15, -0.1) is 0 Å². The van der Waals surface area contributed by atoms with E-state index >= 15 is 0 Å². The van der Waals surface area contributed by atoms with Crippen molar-refractivity contribution in [1.82, 2.24) is 5.32 Å². The van der Waals surface area contributed by atoms with Crippen LogP contribution in [0.25, 0.3) is 0 Å². The highest BCUT2D eigenvalue weighted by molar-refractivity contribution is 5.77. The van der Waals surface area contributed by atoms with Gasteiger partial charge in [0, 0.05) is 0 Å². The second kappa shape index (κ2) is 4.85. The molecule has 1 aromatic rings. The summed E-state index contributed by atoms with van der Waals surface area (Å²) in [6.07, 6.45) is -0.162. The number of ether oxygens (including phenoxy) is 2. The van der Waals surface area contributed by atoms with E-state index in [1.807, 2.05) is 24.3 Å². The van der Waals surface area contributed by atoms with Crippen molar-refractivity contribution in [3.8, 4) is 11.5 Å². The summed E-state index contributed by atoms with van der Waals surface area (Å²) in [6.45, 7) is 0.830. The number of benzene rings is 1. The molecular weight excluding hydrogens is 208 g/mol. The number of fused-ring (bicyclic) bond motifs is 1. The lowest BCUT2D eigenvalue weighted by Crippen LogP contribution is -2.42. The largest absolute Gasteiger partial charge is 0.486 e. The number of nitrogens with one attached hydrogen (secondary N) is 1. The lowest BCUT2D eigenvalue weighted by molar-refractivity contribution is -0.120. The summed E-state index contributed by atoms with van der Waals surface area (Å²) in [4.78, 5) is 11.0. The van der Waals surface area contributed by atoms with Crippen LogP contribution < -0.4 is 20.5 Å². The highest BCUT2D eigenvalue weighted by Gasteiger charge is 2.20. The molecule has 0 aromatic heterocycles. The monoisotopic (exact) mass is 222 g/mol. The van der Waals surface area contributed by atoms with Gasteiger partial charge in [0.1, 0.15) is 12.7 Å². The molecule has 0 bridgehead atoms. The Morgan fingerprint density at radius 3 is 2.94 bits per heavy atom. The van der Waals surface area contributed by atoms with Gasteiger partial charge in [-0.25, -0.2) is 0 Å². The van der Waals surface area contributed by atoms with Crippen LogP contribution in [0.2, 0.25) is 0 Å². The van der Waals surface area contributed by atoms with Crippen LogP contribution in [0.3, 0.4) is 0 Å². The Morgan fingerprint density at radius 1 is 1.44 bits per heavy atom. The summed E-state index contributed by atoms with van der Waals surface area (Å²) >= 11 is 0. The van der Waals surface area contributed by atoms with E-state index < -0.39 is 0 Å². The lowest BCUT2D eigenvalue weighted by Gasteiger charge is -2.26. The van der Waals surface area contributed by atoms with Crippen molar-refractivity contribution < 1.29 is 14.3 Å². The van der Waals surface area contributed by atoms with Gasteiger partial charge >= 0.3 is 0 Å². The van der Waals surface area contributed by atoms with Crippen LogP contribution in [-0.4, -0.2) is 31.7 Å². The average molecular weight is 222 g/mol. The molecule has 0 radical (unpaired) electrons. The molecule has 1 amide bonds. The van der Waals surface area contributed by atoms with Crippen LogP contribution in [0.1, 0.15) is 0 Å². The van der Waals surface area contributed by atoms with Crippen molar-refractivity contribution in [2.24, 2.45) is 5.73 Å². The van der Waals surface area contributed by atoms with E-state index in [9.17, 15) is 4.79 Å². The highest BCUT2D eigenvalue weighted by Crippen LogP contribution is 2.30. The molecule has 5 heteroatoms. The van der Waals surface area contributed by atoms with Gasteiger partial charge in [-0.3, -0.25) is 4.79 Å². The number of para-hydroxylation sites is 2. The topological polar surface area (TPSA) is 73.6 Å². The molecule has 1 aliphatic heterocycles. The predicted molar refractivity (Wildman–Crippen MR) is 58.4 cm³/mol. The van der Waals surface area contributed by atoms with E-state index in [4.69, 9.17) is 15.2 Å². The molecule has 0 aliphatic carbocycles. The van der Waals surface area contributed by atoms with E-state index in [1.54, 1.807) is 0 Å². The van der Waals surface area contributed by atoms with E-state index in [2.05, 4.69) is 5.32 Å².